The fourth-order valence-corrected chi connectivity index (χ4v) is 2.21. The molecule has 0 saturated carbocycles. The van der Waals surface area contributed by atoms with E-state index in [9.17, 15) is 4.39 Å². The van der Waals surface area contributed by atoms with Crippen LogP contribution in [0.1, 0.15) is 5.56 Å². The summed E-state index contributed by atoms with van der Waals surface area (Å²) in [5.41, 5.74) is 1.39. The Balaban J connectivity index is 1.97. The molecule has 0 aliphatic rings. The van der Waals surface area contributed by atoms with E-state index >= 15 is 0 Å². The molecule has 3 aromatic rings. The molecule has 2 aromatic heterocycles. The Bertz CT molecular complexity index is 752. The largest absolute Gasteiger partial charge is 0.355 e. The highest BCUT2D eigenvalue weighted by Crippen LogP contribution is 2.22. The highest BCUT2D eigenvalue weighted by Gasteiger charge is 2.13. The number of halogens is 1. The Kier molecular flexibility index (Phi) is 3.06. The van der Waals surface area contributed by atoms with Gasteiger partial charge in [-0.2, -0.15) is 5.10 Å². The molecular weight excluding hydrogens is 257 g/mol. The van der Waals surface area contributed by atoms with Gasteiger partial charge in [0.15, 0.2) is 5.65 Å². The molecule has 0 unspecified atom stereocenters. The summed E-state index contributed by atoms with van der Waals surface area (Å²) < 4.78 is 15.4. The quantitative estimate of drug-likeness (QED) is 0.732. The Morgan fingerprint density at radius 1 is 1.25 bits per heavy atom. The van der Waals surface area contributed by atoms with Crippen LogP contribution in [0.4, 0.5) is 10.2 Å². The number of benzene rings is 1. The Hall–Kier alpha value is -2.50. The van der Waals surface area contributed by atoms with Crippen LogP contribution < -0.4 is 4.90 Å². The lowest BCUT2D eigenvalue weighted by atomic mass is 10.2. The van der Waals surface area contributed by atoms with Crippen molar-refractivity contribution >= 4 is 16.9 Å². The molecule has 0 bridgehead atoms. The van der Waals surface area contributed by atoms with Crippen molar-refractivity contribution in [2.75, 3.05) is 11.9 Å². The molecule has 0 spiro atoms. The minimum Gasteiger partial charge on any atom is -0.355 e. The number of nitrogens with zero attached hydrogens (tertiary/aromatic N) is 5. The first-order valence-electron chi connectivity index (χ1n) is 6.24. The van der Waals surface area contributed by atoms with Gasteiger partial charge in [-0.1, -0.05) is 18.2 Å². The van der Waals surface area contributed by atoms with Crippen LogP contribution in [-0.2, 0) is 13.6 Å². The number of hydrogen-bond donors (Lipinski definition) is 0. The van der Waals surface area contributed by atoms with E-state index in [4.69, 9.17) is 0 Å². The van der Waals surface area contributed by atoms with Crippen molar-refractivity contribution < 1.29 is 4.39 Å². The minimum absolute atomic E-state index is 0.212. The molecule has 5 nitrogen and oxygen atoms in total. The zero-order valence-electron chi connectivity index (χ0n) is 11.3. The highest BCUT2D eigenvalue weighted by atomic mass is 19.1. The molecule has 0 fully saturated rings. The van der Waals surface area contributed by atoms with Crippen molar-refractivity contribution in [2.45, 2.75) is 6.54 Å². The molecule has 102 valence electrons. The van der Waals surface area contributed by atoms with Crippen LogP contribution in [0.15, 0.2) is 36.8 Å². The first kappa shape index (κ1) is 12.5. The average molecular weight is 271 g/mol. The number of hydrogen-bond acceptors (Lipinski definition) is 4. The first-order chi connectivity index (χ1) is 9.66. The standard InChI is InChI=1S/C14H14FN5/c1-19(8-10-5-3-4-6-12(10)15)13-11-7-18-20(2)14(11)17-9-16-13/h3-7,9H,8H2,1-2H3. The predicted octanol–water partition coefficient (Wildman–Crippen LogP) is 2.14. The number of aryl methyl sites for hydroxylation is 1. The Labute approximate surface area is 115 Å². The predicted molar refractivity (Wildman–Crippen MR) is 74.8 cm³/mol. The van der Waals surface area contributed by atoms with Gasteiger partial charge in [0.1, 0.15) is 18.0 Å². The van der Waals surface area contributed by atoms with Gasteiger partial charge in [0, 0.05) is 26.2 Å². The molecule has 0 amide bonds. The summed E-state index contributed by atoms with van der Waals surface area (Å²) in [7, 11) is 3.71. The number of fused-ring (bicyclic) bond motifs is 1. The van der Waals surface area contributed by atoms with E-state index in [1.807, 2.05) is 25.1 Å². The zero-order valence-corrected chi connectivity index (χ0v) is 11.3. The SMILES string of the molecule is CN(Cc1ccccc1F)c1ncnc2c1cnn2C. The Morgan fingerprint density at radius 3 is 2.85 bits per heavy atom. The molecule has 20 heavy (non-hydrogen) atoms. The lowest BCUT2D eigenvalue weighted by Crippen LogP contribution is -2.18. The van der Waals surface area contributed by atoms with Crippen molar-refractivity contribution in [3.8, 4) is 0 Å². The van der Waals surface area contributed by atoms with E-state index in [1.165, 1.54) is 12.4 Å². The summed E-state index contributed by atoms with van der Waals surface area (Å²) in [5.74, 6) is 0.530. The average Bonchev–Trinajstić information content (AvgIpc) is 2.83. The van der Waals surface area contributed by atoms with Crippen LogP contribution in [0.2, 0.25) is 0 Å². The smallest absolute Gasteiger partial charge is 0.163 e. The first-order valence-corrected chi connectivity index (χ1v) is 6.24. The number of rotatable bonds is 3. The summed E-state index contributed by atoms with van der Waals surface area (Å²) in [6, 6.07) is 6.74. The fourth-order valence-electron chi connectivity index (χ4n) is 2.21. The highest BCUT2D eigenvalue weighted by molar-refractivity contribution is 5.86. The van der Waals surface area contributed by atoms with Gasteiger partial charge < -0.3 is 4.90 Å². The minimum atomic E-state index is -0.212. The van der Waals surface area contributed by atoms with Crippen molar-refractivity contribution in [1.29, 1.82) is 0 Å². The molecule has 0 aliphatic heterocycles. The second-order valence-electron chi connectivity index (χ2n) is 4.65. The van der Waals surface area contributed by atoms with Crippen LogP contribution in [0.3, 0.4) is 0 Å². The van der Waals surface area contributed by atoms with Crippen LogP contribution in [0.25, 0.3) is 11.0 Å². The monoisotopic (exact) mass is 271 g/mol. The van der Waals surface area contributed by atoms with Gasteiger partial charge >= 0.3 is 0 Å². The molecule has 1 aromatic carbocycles. The maximum atomic E-state index is 13.7. The normalized spacial score (nSPS) is 10.9. The maximum Gasteiger partial charge on any atom is 0.163 e. The molecule has 2 heterocycles. The summed E-state index contributed by atoms with van der Waals surface area (Å²) in [4.78, 5) is 10.4. The molecule has 6 heteroatoms. The van der Waals surface area contributed by atoms with Gasteiger partial charge in [-0.05, 0) is 6.07 Å². The van der Waals surface area contributed by atoms with Crippen molar-refractivity contribution in [3.05, 3.63) is 48.2 Å². The summed E-state index contributed by atoms with van der Waals surface area (Å²) in [5, 5.41) is 5.03. The third kappa shape index (κ3) is 2.09. The molecule has 0 radical (unpaired) electrons. The van der Waals surface area contributed by atoms with Crippen LogP contribution in [-0.4, -0.2) is 26.8 Å². The third-order valence-corrected chi connectivity index (χ3v) is 3.24. The number of aromatic nitrogens is 4. The van der Waals surface area contributed by atoms with Gasteiger partial charge in [0.25, 0.3) is 0 Å². The second-order valence-corrected chi connectivity index (χ2v) is 4.65. The lowest BCUT2D eigenvalue weighted by molar-refractivity contribution is 0.607. The van der Waals surface area contributed by atoms with Gasteiger partial charge in [-0.25, -0.2) is 14.4 Å². The van der Waals surface area contributed by atoms with Crippen molar-refractivity contribution in [3.63, 3.8) is 0 Å². The lowest BCUT2D eigenvalue weighted by Gasteiger charge is -2.18. The molecule has 0 saturated heterocycles. The van der Waals surface area contributed by atoms with Crippen molar-refractivity contribution in [2.24, 2.45) is 7.05 Å². The van der Waals surface area contributed by atoms with E-state index in [0.29, 0.717) is 12.1 Å². The summed E-state index contributed by atoms with van der Waals surface area (Å²) >= 11 is 0. The topological polar surface area (TPSA) is 46.8 Å². The number of anilines is 1. The summed E-state index contributed by atoms with van der Waals surface area (Å²) in [6.45, 7) is 0.438. The van der Waals surface area contributed by atoms with E-state index in [1.54, 1.807) is 23.0 Å². The van der Waals surface area contributed by atoms with Gasteiger partial charge in [0.05, 0.1) is 11.6 Å². The van der Waals surface area contributed by atoms with Gasteiger partial charge in [0.2, 0.25) is 0 Å². The molecule has 0 atom stereocenters. The third-order valence-electron chi connectivity index (χ3n) is 3.24. The molecule has 3 rings (SSSR count). The molecular formula is C14H14FN5. The summed E-state index contributed by atoms with van der Waals surface area (Å²) in [6.07, 6.45) is 3.22. The Morgan fingerprint density at radius 2 is 2.05 bits per heavy atom. The molecule has 0 aliphatic carbocycles. The molecule has 0 N–H and O–H groups in total. The van der Waals surface area contributed by atoms with E-state index < -0.39 is 0 Å². The maximum absolute atomic E-state index is 13.7. The van der Waals surface area contributed by atoms with Gasteiger partial charge in [-0.15, -0.1) is 0 Å². The zero-order chi connectivity index (χ0) is 14.1. The van der Waals surface area contributed by atoms with E-state index in [2.05, 4.69) is 15.1 Å². The van der Waals surface area contributed by atoms with Crippen LogP contribution >= 0.6 is 0 Å². The fraction of sp³-hybridized carbons (Fsp3) is 0.214. The second kappa shape index (κ2) is 4.88. The van der Waals surface area contributed by atoms with Gasteiger partial charge in [-0.3, -0.25) is 4.68 Å². The van der Waals surface area contributed by atoms with E-state index in [0.717, 1.165) is 16.9 Å². The van der Waals surface area contributed by atoms with Crippen molar-refractivity contribution in [1.82, 2.24) is 19.7 Å². The van der Waals surface area contributed by atoms with E-state index in [-0.39, 0.29) is 5.82 Å². The van der Waals surface area contributed by atoms with Crippen LogP contribution in [0, 0.1) is 5.82 Å². The van der Waals surface area contributed by atoms with Crippen LogP contribution in [0.5, 0.6) is 0 Å².